The first kappa shape index (κ1) is 14.9. The van der Waals surface area contributed by atoms with Crippen molar-refractivity contribution in [2.75, 3.05) is 7.05 Å². The number of nitrogens with one attached hydrogen (secondary N) is 1. The molecule has 0 spiro atoms. The van der Waals surface area contributed by atoms with Crippen LogP contribution in [0.5, 0.6) is 0 Å². The number of hydrogen-bond donors (Lipinski definition) is 1. The van der Waals surface area contributed by atoms with Crippen LogP contribution in [0.2, 0.25) is 5.02 Å². The quantitative estimate of drug-likeness (QED) is 0.792. The van der Waals surface area contributed by atoms with E-state index in [1.807, 2.05) is 0 Å². The number of halogens is 1. The van der Waals surface area contributed by atoms with Crippen molar-refractivity contribution >= 4 is 11.6 Å². The van der Waals surface area contributed by atoms with Crippen LogP contribution >= 0.6 is 11.6 Å². The summed E-state index contributed by atoms with van der Waals surface area (Å²) in [6, 6.07) is 6.96. The maximum Gasteiger partial charge on any atom is 0.0441 e. The summed E-state index contributed by atoms with van der Waals surface area (Å²) in [4.78, 5) is 0. The predicted octanol–water partition coefficient (Wildman–Crippen LogP) is 4.75. The van der Waals surface area contributed by atoms with Crippen molar-refractivity contribution in [3.05, 3.63) is 34.3 Å². The van der Waals surface area contributed by atoms with Crippen LogP contribution in [0, 0.1) is 12.8 Å². The lowest BCUT2D eigenvalue weighted by molar-refractivity contribution is 0.418. The molecule has 19 heavy (non-hydrogen) atoms. The lowest BCUT2D eigenvalue weighted by atomic mass is 9.95. The second-order valence-electron chi connectivity index (χ2n) is 6.01. The second-order valence-corrected chi connectivity index (χ2v) is 6.42. The molecule has 1 fully saturated rings. The van der Waals surface area contributed by atoms with Crippen molar-refractivity contribution in [1.29, 1.82) is 0 Å². The van der Waals surface area contributed by atoms with Gasteiger partial charge in [-0.3, -0.25) is 0 Å². The molecular weight excluding hydrogens is 254 g/mol. The van der Waals surface area contributed by atoms with Crippen LogP contribution < -0.4 is 5.32 Å². The fraction of sp³-hybridized carbons (Fsp3) is 0.647. The molecule has 0 bridgehead atoms. The standard InChI is InChI=1S/C17H26ClN/c1-13-7-9-15(17(18)11-13)12-16(19-2)10-8-14-5-3-4-6-14/h7,9,11,14,16,19H,3-6,8,10,12H2,1-2H3. The maximum absolute atomic E-state index is 6.33. The van der Waals surface area contributed by atoms with Gasteiger partial charge in [-0.15, -0.1) is 0 Å². The zero-order valence-electron chi connectivity index (χ0n) is 12.2. The highest BCUT2D eigenvalue weighted by atomic mass is 35.5. The minimum Gasteiger partial charge on any atom is -0.317 e. The molecule has 1 unspecified atom stereocenters. The Morgan fingerprint density at radius 2 is 2.05 bits per heavy atom. The molecule has 1 N–H and O–H groups in total. The molecule has 0 saturated heterocycles. The van der Waals surface area contributed by atoms with E-state index in [1.165, 1.54) is 49.7 Å². The summed E-state index contributed by atoms with van der Waals surface area (Å²) >= 11 is 6.33. The largest absolute Gasteiger partial charge is 0.317 e. The fourth-order valence-corrected chi connectivity index (χ4v) is 3.48. The van der Waals surface area contributed by atoms with Gasteiger partial charge in [-0.25, -0.2) is 0 Å². The van der Waals surface area contributed by atoms with Crippen LogP contribution in [0.1, 0.15) is 49.7 Å². The fourth-order valence-electron chi connectivity index (χ4n) is 3.17. The van der Waals surface area contributed by atoms with Gasteiger partial charge in [-0.05, 0) is 56.3 Å². The Morgan fingerprint density at radius 3 is 2.68 bits per heavy atom. The first-order valence-corrected chi connectivity index (χ1v) is 7.99. The van der Waals surface area contributed by atoms with E-state index >= 15 is 0 Å². The average Bonchev–Trinajstić information content (AvgIpc) is 2.90. The summed E-state index contributed by atoms with van der Waals surface area (Å²) in [7, 11) is 2.07. The van der Waals surface area contributed by atoms with Gasteiger partial charge in [0.25, 0.3) is 0 Å². The van der Waals surface area contributed by atoms with E-state index in [-0.39, 0.29) is 0 Å². The topological polar surface area (TPSA) is 12.0 Å². The third kappa shape index (κ3) is 4.50. The Kier molecular flexibility index (Phi) is 5.72. The van der Waals surface area contributed by atoms with E-state index < -0.39 is 0 Å². The minimum absolute atomic E-state index is 0.556. The highest BCUT2D eigenvalue weighted by Gasteiger charge is 2.17. The van der Waals surface area contributed by atoms with Gasteiger partial charge < -0.3 is 5.32 Å². The average molecular weight is 280 g/mol. The van der Waals surface area contributed by atoms with Gasteiger partial charge >= 0.3 is 0 Å². The lowest BCUT2D eigenvalue weighted by Crippen LogP contribution is -2.28. The molecule has 1 saturated carbocycles. The van der Waals surface area contributed by atoms with Crippen molar-refractivity contribution in [2.24, 2.45) is 5.92 Å². The number of likely N-dealkylation sites (N-methyl/N-ethyl adjacent to an activating group) is 1. The molecule has 0 radical (unpaired) electrons. The zero-order chi connectivity index (χ0) is 13.7. The molecule has 1 aromatic carbocycles. The van der Waals surface area contributed by atoms with Crippen molar-refractivity contribution in [1.82, 2.24) is 5.32 Å². The van der Waals surface area contributed by atoms with Crippen LogP contribution in [0.3, 0.4) is 0 Å². The zero-order valence-corrected chi connectivity index (χ0v) is 13.0. The van der Waals surface area contributed by atoms with Gasteiger partial charge in [0.05, 0.1) is 0 Å². The summed E-state index contributed by atoms with van der Waals surface area (Å²) in [5.41, 5.74) is 2.51. The molecule has 1 aliphatic carbocycles. The van der Waals surface area contributed by atoms with Crippen molar-refractivity contribution in [3.63, 3.8) is 0 Å². The van der Waals surface area contributed by atoms with Crippen LogP contribution in [0.4, 0.5) is 0 Å². The molecule has 0 aromatic heterocycles. The second kappa shape index (κ2) is 7.31. The molecule has 0 aliphatic heterocycles. The third-order valence-electron chi connectivity index (χ3n) is 4.48. The highest BCUT2D eigenvalue weighted by molar-refractivity contribution is 6.31. The van der Waals surface area contributed by atoms with Gasteiger partial charge in [-0.2, -0.15) is 0 Å². The Hall–Kier alpha value is -0.530. The molecule has 1 nitrogen and oxygen atoms in total. The number of aryl methyl sites for hydroxylation is 1. The summed E-state index contributed by atoms with van der Waals surface area (Å²) in [5.74, 6) is 0.976. The van der Waals surface area contributed by atoms with Gasteiger partial charge in [0, 0.05) is 11.1 Å². The number of benzene rings is 1. The van der Waals surface area contributed by atoms with Gasteiger partial charge in [-0.1, -0.05) is 49.4 Å². The monoisotopic (exact) mass is 279 g/mol. The molecule has 2 heteroatoms. The lowest BCUT2D eigenvalue weighted by Gasteiger charge is -2.19. The minimum atomic E-state index is 0.556. The Labute approximate surface area is 122 Å². The summed E-state index contributed by atoms with van der Waals surface area (Å²) in [6.07, 6.45) is 9.46. The van der Waals surface area contributed by atoms with E-state index in [0.29, 0.717) is 6.04 Å². The third-order valence-corrected chi connectivity index (χ3v) is 4.83. The molecule has 0 amide bonds. The van der Waals surface area contributed by atoms with Gasteiger partial charge in [0.15, 0.2) is 0 Å². The molecule has 106 valence electrons. The first-order chi connectivity index (χ1) is 9.19. The van der Waals surface area contributed by atoms with Crippen LogP contribution in [-0.4, -0.2) is 13.1 Å². The Bertz CT molecular complexity index is 396. The van der Waals surface area contributed by atoms with Crippen LogP contribution in [0.15, 0.2) is 18.2 Å². The van der Waals surface area contributed by atoms with Crippen molar-refractivity contribution in [2.45, 2.75) is 57.9 Å². The normalized spacial score (nSPS) is 17.8. The molecular formula is C17H26ClN. The maximum atomic E-state index is 6.33. The molecule has 1 aliphatic rings. The first-order valence-electron chi connectivity index (χ1n) is 7.61. The molecule has 2 rings (SSSR count). The van der Waals surface area contributed by atoms with E-state index in [0.717, 1.165) is 17.4 Å². The van der Waals surface area contributed by atoms with Crippen molar-refractivity contribution in [3.8, 4) is 0 Å². The smallest absolute Gasteiger partial charge is 0.0441 e. The Morgan fingerprint density at radius 1 is 1.32 bits per heavy atom. The number of rotatable bonds is 6. The number of hydrogen-bond acceptors (Lipinski definition) is 1. The van der Waals surface area contributed by atoms with Crippen LogP contribution in [0.25, 0.3) is 0 Å². The van der Waals surface area contributed by atoms with Crippen LogP contribution in [-0.2, 0) is 6.42 Å². The highest BCUT2D eigenvalue weighted by Crippen LogP contribution is 2.29. The summed E-state index contributed by atoms with van der Waals surface area (Å²) < 4.78 is 0. The predicted molar refractivity (Wildman–Crippen MR) is 83.9 cm³/mol. The van der Waals surface area contributed by atoms with E-state index in [2.05, 4.69) is 37.5 Å². The van der Waals surface area contributed by atoms with E-state index in [9.17, 15) is 0 Å². The van der Waals surface area contributed by atoms with Gasteiger partial charge in [0.1, 0.15) is 0 Å². The summed E-state index contributed by atoms with van der Waals surface area (Å²) in [6.45, 7) is 2.09. The molecule has 1 atom stereocenters. The van der Waals surface area contributed by atoms with E-state index in [4.69, 9.17) is 11.6 Å². The van der Waals surface area contributed by atoms with Crippen molar-refractivity contribution < 1.29 is 0 Å². The summed E-state index contributed by atoms with van der Waals surface area (Å²) in [5, 5.41) is 4.38. The van der Waals surface area contributed by atoms with E-state index in [1.54, 1.807) is 0 Å². The Balaban J connectivity index is 1.86. The molecule has 1 aromatic rings. The molecule has 0 heterocycles. The SMILES string of the molecule is CNC(CCC1CCCC1)Cc1ccc(C)cc1Cl. The van der Waals surface area contributed by atoms with Gasteiger partial charge in [0.2, 0.25) is 0 Å².